The molecule has 2 aromatic heterocycles. The number of para-hydroxylation sites is 1. The average Bonchev–Trinajstić information content (AvgIpc) is 3.28. The summed E-state index contributed by atoms with van der Waals surface area (Å²) < 4.78 is 2.01. The molecule has 0 bridgehead atoms. The van der Waals surface area contributed by atoms with Crippen LogP contribution < -0.4 is 5.32 Å². The maximum atomic E-state index is 12.2. The summed E-state index contributed by atoms with van der Waals surface area (Å²) in [5.74, 6) is 0.461. The number of nitrogens with one attached hydrogen (secondary N) is 1. The fourth-order valence-electron chi connectivity index (χ4n) is 2.56. The van der Waals surface area contributed by atoms with Gasteiger partial charge in [-0.05, 0) is 29.0 Å². The van der Waals surface area contributed by atoms with Crippen LogP contribution in [0.2, 0.25) is 0 Å². The van der Waals surface area contributed by atoms with Gasteiger partial charge in [-0.15, -0.1) is 11.3 Å². The first kappa shape index (κ1) is 18.2. The van der Waals surface area contributed by atoms with Crippen molar-refractivity contribution in [3.05, 3.63) is 59.2 Å². The minimum atomic E-state index is -0.152. The van der Waals surface area contributed by atoms with Crippen molar-refractivity contribution in [1.29, 1.82) is 5.26 Å². The smallest absolute Gasteiger partial charge is 0.235 e. The van der Waals surface area contributed by atoms with Crippen LogP contribution in [0.15, 0.2) is 53.3 Å². The first-order valence-corrected chi connectivity index (χ1v) is 9.99. The third-order valence-electron chi connectivity index (χ3n) is 3.80. The van der Waals surface area contributed by atoms with E-state index in [1.807, 2.05) is 22.9 Å². The van der Waals surface area contributed by atoms with Gasteiger partial charge >= 0.3 is 0 Å². The van der Waals surface area contributed by atoms with Crippen LogP contribution in [0.3, 0.4) is 0 Å². The fraction of sp³-hybridized carbons (Fsp3) is 0.211. The lowest BCUT2D eigenvalue weighted by molar-refractivity contribution is -0.113. The van der Waals surface area contributed by atoms with Crippen LogP contribution in [0, 0.1) is 11.3 Å². The Kier molecular flexibility index (Phi) is 5.76. The molecular formula is C19H18N4OS2. The summed E-state index contributed by atoms with van der Waals surface area (Å²) >= 11 is 2.72. The van der Waals surface area contributed by atoms with E-state index in [0.717, 1.165) is 10.8 Å². The molecule has 7 heteroatoms. The Labute approximate surface area is 160 Å². The second-order valence-corrected chi connectivity index (χ2v) is 7.76. The number of hydrogen-bond donors (Lipinski definition) is 1. The molecule has 3 rings (SSSR count). The molecule has 3 aromatic rings. The van der Waals surface area contributed by atoms with Gasteiger partial charge < -0.3 is 5.32 Å². The second-order valence-electron chi connectivity index (χ2n) is 5.91. The number of imidazole rings is 1. The molecule has 0 aliphatic heterocycles. The number of carbonyl (C=O) groups is 1. The van der Waals surface area contributed by atoms with Crippen LogP contribution in [0.25, 0.3) is 5.69 Å². The minimum absolute atomic E-state index is 0.152. The van der Waals surface area contributed by atoms with Crippen LogP contribution >= 0.6 is 23.1 Å². The summed E-state index contributed by atoms with van der Waals surface area (Å²) in [7, 11) is 0. The molecule has 0 atom stereocenters. The number of carbonyl (C=O) groups excluding carboxylic acids is 1. The summed E-state index contributed by atoms with van der Waals surface area (Å²) in [4.78, 5) is 16.6. The first-order chi connectivity index (χ1) is 12.6. The lowest BCUT2D eigenvalue weighted by atomic mass is 10.0. The van der Waals surface area contributed by atoms with E-state index in [1.54, 1.807) is 17.6 Å². The quantitative estimate of drug-likeness (QED) is 0.630. The highest BCUT2D eigenvalue weighted by Gasteiger charge is 2.14. The predicted molar refractivity (Wildman–Crippen MR) is 106 cm³/mol. The molecule has 26 heavy (non-hydrogen) atoms. The molecule has 1 aromatic carbocycles. The van der Waals surface area contributed by atoms with Gasteiger partial charge in [0.05, 0.1) is 17.0 Å². The fourth-order valence-corrected chi connectivity index (χ4v) is 4.08. The molecule has 0 aliphatic carbocycles. The summed E-state index contributed by atoms with van der Waals surface area (Å²) in [6.45, 7) is 4.31. The highest BCUT2D eigenvalue weighted by Crippen LogP contribution is 2.27. The van der Waals surface area contributed by atoms with E-state index in [0.29, 0.717) is 16.5 Å². The molecule has 0 radical (unpaired) electrons. The number of thiophene rings is 1. The molecule has 132 valence electrons. The zero-order valence-electron chi connectivity index (χ0n) is 14.5. The lowest BCUT2D eigenvalue weighted by Crippen LogP contribution is -2.14. The zero-order chi connectivity index (χ0) is 18.5. The van der Waals surface area contributed by atoms with Crippen molar-refractivity contribution < 1.29 is 4.79 Å². The zero-order valence-corrected chi connectivity index (χ0v) is 16.1. The number of nitriles is 1. The van der Waals surface area contributed by atoms with E-state index < -0.39 is 0 Å². The number of amides is 1. The van der Waals surface area contributed by atoms with Crippen molar-refractivity contribution in [2.45, 2.75) is 24.9 Å². The van der Waals surface area contributed by atoms with Gasteiger partial charge in [-0.3, -0.25) is 9.36 Å². The van der Waals surface area contributed by atoms with Gasteiger partial charge in [0.1, 0.15) is 11.1 Å². The minimum Gasteiger partial charge on any atom is -0.316 e. The van der Waals surface area contributed by atoms with E-state index in [4.69, 9.17) is 5.26 Å². The lowest BCUT2D eigenvalue weighted by Gasteiger charge is -2.15. The van der Waals surface area contributed by atoms with Crippen LogP contribution in [0.1, 0.15) is 30.9 Å². The van der Waals surface area contributed by atoms with Crippen LogP contribution in [-0.2, 0) is 4.79 Å². The van der Waals surface area contributed by atoms with Crippen LogP contribution in [-0.4, -0.2) is 21.2 Å². The number of hydrogen-bond acceptors (Lipinski definition) is 5. The van der Waals surface area contributed by atoms with Crippen molar-refractivity contribution in [1.82, 2.24) is 9.55 Å². The standard InChI is InChI=1S/C19H18N4OS2/c1-13(2)15-5-3-4-6-16(15)23-9-8-21-19(23)26-12-17(24)22-18-14(11-20)7-10-25-18/h3-10,13H,12H2,1-2H3,(H,22,24). The molecule has 0 aliphatic rings. The van der Waals surface area contributed by atoms with Crippen LogP contribution in [0.5, 0.6) is 0 Å². The number of rotatable bonds is 6. The predicted octanol–water partition coefficient (Wildman–Crippen LogP) is 4.66. The summed E-state index contributed by atoms with van der Waals surface area (Å²) in [5.41, 5.74) is 2.79. The first-order valence-electron chi connectivity index (χ1n) is 8.13. The van der Waals surface area contributed by atoms with Gasteiger partial charge in [0.2, 0.25) is 5.91 Å². The van der Waals surface area contributed by atoms with Gasteiger partial charge in [-0.1, -0.05) is 43.8 Å². The van der Waals surface area contributed by atoms with E-state index in [-0.39, 0.29) is 11.7 Å². The highest BCUT2D eigenvalue weighted by atomic mass is 32.2. The van der Waals surface area contributed by atoms with Gasteiger partial charge in [0, 0.05) is 12.4 Å². The van der Waals surface area contributed by atoms with E-state index in [9.17, 15) is 4.79 Å². The SMILES string of the molecule is CC(C)c1ccccc1-n1ccnc1SCC(=O)Nc1sccc1C#N. The molecule has 0 unspecified atom stereocenters. The van der Waals surface area contributed by atoms with Crippen molar-refractivity contribution in [2.24, 2.45) is 0 Å². The maximum absolute atomic E-state index is 12.2. The van der Waals surface area contributed by atoms with Gasteiger partial charge in [0.15, 0.2) is 5.16 Å². The average molecular weight is 383 g/mol. The van der Waals surface area contributed by atoms with E-state index in [1.165, 1.54) is 28.7 Å². The Balaban J connectivity index is 1.72. The molecule has 0 fully saturated rings. The second kappa shape index (κ2) is 8.21. The van der Waals surface area contributed by atoms with Crippen LogP contribution in [0.4, 0.5) is 5.00 Å². The molecule has 0 spiro atoms. The molecule has 1 N–H and O–H groups in total. The number of anilines is 1. The largest absolute Gasteiger partial charge is 0.316 e. The van der Waals surface area contributed by atoms with Crippen molar-refractivity contribution in [3.63, 3.8) is 0 Å². The Morgan fingerprint density at radius 1 is 1.38 bits per heavy atom. The maximum Gasteiger partial charge on any atom is 0.235 e. The molecular weight excluding hydrogens is 364 g/mol. The molecule has 1 amide bonds. The Hall–Kier alpha value is -2.56. The highest BCUT2D eigenvalue weighted by molar-refractivity contribution is 7.99. The number of benzene rings is 1. The Morgan fingerprint density at radius 2 is 2.19 bits per heavy atom. The van der Waals surface area contributed by atoms with Gasteiger partial charge in [-0.2, -0.15) is 5.26 Å². The van der Waals surface area contributed by atoms with Gasteiger partial charge in [0.25, 0.3) is 0 Å². The molecule has 2 heterocycles. The summed E-state index contributed by atoms with van der Waals surface area (Å²) in [6, 6.07) is 12.0. The van der Waals surface area contributed by atoms with Crippen molar-refractivity contribution in [2.75, 3.05) is 11.1 Å². The summed E-state index contributed by atoms with van der Waals surface area (Å²) in [6.07, 6.45) is 3.65. The van der Waals surface area contributed by atoms with E-state index in [2.05, 4.69) is 42.4 Å². The number of nitrogens with zero attached hydrogens (tertiary/aromatic N) is 3. The van der Waals surface area contributed by atoms with Gasteiger partial charge in [-0.25, -0.2) is 4.98 Å². The summed E-state index contributed by atoms with van der Waals surface area (Å²) in [5, 5.41) is 15.0. The topological polar surface area (TPSA) is 70.7 Å². The molecule has 0 saturated heterocycles. The molecule has 5 nitrogen and oxygen atoms in total. The monoisotopic (exact) mass is 382 g/mol. The number of thioether (sulfide) groups is 1. The van der Waals surface area contributed by atoms with Crippen molar-refractivity contribution in [3.8, 4) is 11.8 Å². The molecule has 0 saturated carbocycles. The van der Waals surface area contributed by atoms with Crippen molar-refractivity contribution >= 4 is 34.0 Å². The Bertz CT molecular complexity index is 952. The number of aromatic nitrogens is 2. The normalized spacial score (nSPS) is 10.7. The Morgan fingerprint density at radius 3 is 2.96 bits per heavy atom. The van der Waals surface area contributed by atoms with E-state index >= 15 is 0 Å². The third kappa shape index (κ3) is 3.98. The third-order valence-corrected chi connectivity index (χ3v) is 5.59.